The van der Waals surface area contributed by atoms with Gasteiger partial charge in [0.2, 0.25) is 5.56 Å². The zero-order chi connectivity index (χ0) is 11.9. The number of fused-ring (bicyclic) bond motifs is 1. The Morgan fingerprint density at radius 3 is 2.44 bits per heavy atom. The molecule has 0 saturated heterocycles. The smallest absolute Gasteiger partial charge is 0.321 e. The third-order valence-corrected chi connectivity index (χ3v) is 2.84. The largest absolute Gasteiger partial charge is 0.418 e. The van der Waals surface area contributed by atoms with Gasteiger partial charge in [-0.1, -0.05) is 15.9 Å². The first-order valence-corrected chi connectivity index (χ1v) is 5.07. The monoisotopic (exact) mass is 291 g/mol. The fourth-order valence-electron chi connectivity index (χ4n) is 1.45. The summed E-state index contributed by atoms with van der Waals surface area (Å²) in [5, 5.41) is 0.328. The highest BCUT2D eigenvalue weighted by molar-refractivity contribution is 9.10. The molecular formula is C10H5BrF3NO. The van der Waals surface area contributed by atoms with E-state index in [-0.39, 0.29) is 5.52 Å². The number of alkyl halides is 3. The molecule has 2 nitrogen and oxygen atoms in total. The molecule has 2 aromatic rings. The predicted octanol–water partition coefficient (Wildman–Crippen LogP) is 3.31. The fraction of sp³-hybridized carbons (Fsp3) is 0.100. The molecule has 2 rings (SSSR count). The second-order valence-electron chi connectivity index (χ2n) is 3.20. The standard InChI is InChI=1S/C10H5BrF3NO/c11-7-3-2-6(10(12,13)14)9-5(7)1-4-8(16)15-9/h1-4H,(H,15,16). The first kappa shape index (κ1) is 11.2. The molecular weight excluding hydrogens is 287 g/mol. The van der Waals surface area contributed by atoms with E-state index in [1.54, 1.807) is 0 Å². The van der Waals surface area contributed by atoms with E-state index in [4.69, 9.17) is 0 Å². The van der Waals surface area contributed by atoms with Crippen molar-refractivity contribution in [3.8, 4) is 0 Å². The minimum Gasteiger partial charge on any atom is -0.321 e. The van der Waals surface area contributed by atoms with Gasteiger partial charge in [0.25, 0.3) is 0 Å². The Morgan fingerprint density at radius 1 is 1.12 bits per heavy atom. The van der Waals surface area contributed by atoms with E-state index >= 15 is 0 Å². The maximum absolute atomic E-state index is 12.6. The van der Waals surface area contributed by atoms with E-state index in [9.17, 15) is 18.0 Å². The second-order valence-corrected chi connectivity index (χ2v) is 4.06. The van der Waals surface area contributed by atoms with Gasteiger partial charge in [0, 0.05) is 15.9 Å². The normalized spacial score (nSPS) is 12.0. The van der Waals surface area contributed by atoms with Crippen LogP contribution in [-0.4, -0.2) is 4.98 Å². The predicted molar refractivity (Wildman–Crippen MR) is 57.3 cm³/mol. The van der Waals surface area contributed by atoms with E-state index in [0.717, 1.165) is 6.07 Å². The zero-order valence-electron chi connectivity index (χ0n) is 7.73. The Labute approximate surface area is 96.2 Å². The van der Waals surface area contributed by atoms with Crippen LogP contribution in [-0.2, 0) is 6.18 Å². The van der Waals surface area contributed by atoms with Crippen LogP contribution in [0.4, 0.5) is 13.2 Å². The lowest BCUT2D eigenvalue weighted by atomic mass is 10.1. The quantitative estimate of drug-likeness (QED) is 0.794. The van der Waals surface area contributed by atoms with Gasteiger partial charge in [-0.15, -0.1) is 0 Å². The number of pyridine rings is 1. The van der Waals surface area contributed by atoms with E-state index in [1.165, 1.54) is 18.2 Å². The van der Waals surface area contributed by atoms with Crippen LogP contribution in [0.2, 0.25) is 0 Å². The van der Waals surface area contributed by atoms with E-state index in [1.807, 2.05) is 0 Å². The molecule has 0 amide bonds. The van der Waals surface area contributed by atoms with E-state index in [0.29, 0.717) is 9.86 Å². The van der Waals surface area contributed by atoms with Crippen LogP contribution in [0.1, 0.15) is 5.56 Å². The summed E-state index contributed by atoms with van der Waals surface area (Å²) in [5.74, 6) is 0. The third kappa shape index (κ3) is 1.84. The van der Waals surface area contributed by atoms with E-state index in [2.05, 4.69) is 20.9 Å². The van der Waals surface area contributed by atoms with Crippen molar-refractivity contribution in [2.75, 3.05) is 0 Å². The molecule has 0 aliphatic carbocycles. The summed E-state index contributed by atoms with van der Waals surface area (Å²) in [4.78, 5) is 13.2. The number of aromatic amines is 1. The fourth-order valence-corrected chi connectivity index (χ4v) is 1.91. The highest BCUT2D eigenvalue weighted by atomic mass is 79.9. The number of hydrogen-bond acceptors (Lipinski definition) is 1. The van der Waals surface area contributed by atoms with Gasteiger partial charge in [-0.05, 0) is 18.2 Å². The molecule has 0 aliphatic heterocycles. The first-order valence-electron chi connectivity index (χ1n) is 4.28. The molecule has 16 heavy (non-hydrogen) atoms. The lowest BCUT2D eigenvalue weighted by molar-refractivity contribution is -0.136. The van der Waals surface area contributed by atoms with Crippen LogP contribution in [0.25, 0.3) is 10.9 Å². The Bertz CT molecular complexity index is 603. The zero-order valence-corrected chi connectivity index (χ0v) is 9.32. The van der Waals surface area contributed by atoms with Gasteiger partial charge in [-0.2, -0.15) is 13.2 Å². The number of H-pyrrole nitrogens is 1. The van der Waals surface area contributed by atoms with Gasteiger partial charge in [0.05, 0.1) is 11.1 Å². The van der Waals surface area contributed by atoms with Crippen LogP contribution in [0.15, 0.2) is 33.5 Å². The van der Waals surface area contributed by atoms with Gasteiger partial charge in [-0.25, -0.2) is 0 Å². The van der Waals surface area contributed by atoms with Crippen molar-refractivity contribution < 1.29 is 13.2 Å². The summed E-state index contributed by atoms with van der Waals surface area (Å²) < 4.78 is 38.4. The van der Waals surface area contributed by atoms with E-state index < -0.39 is 17.3 Å². The molecule has 0 radical (unpaired) electrons. The lowest BCUT2D eigenvalue weighted by Crippen LogP contribution is -2.10. The molecule has 6 heteroatoms. The average molecular weight is 292 g/mol. The average Bonchev–Trinajstić information content (AvgIpc) is 2.15. The molecule has 0 unspecified atom stereocenters. The number of aromatic nitrogens is 1. The van der Waals surface area contributed by atoms with Gasteiger partial charge in [-0.3, -0.25) is 4.79 Å². The molecule has 0 fully saturated rings. The van der Waals surface area contributed by atoms with Crippen LogP contribution in [0.3, 0.4) is 0 Å². The molecule has 0 saturated carbocycles. The van der Waals surface area contributed by atoms with Crippen LogP contribution < -0.4 is 5.56 Å². The summed E-state index contributed by atoms with van der Waals surface area (Å²) in [5.41, 5.74) is -1.60. The van der Waals surface area contributed by atoms with Crippen LogP contribution >= 0.6 is 15.9 Å². The minimum absolute atomic E-state index is 0.200. The number of benzene rings is 1. The number of rotatable bonds is 0. The minimum atomic E-state index is -4.48. The van der Waals surface area contributed by atoms with Crippen molar-refractivity contribution in [1.29, 1.82) is 0 Å². The molecule has 0 atom stereocenters. The molecule has 84 valence electrons. The number of halogens is 4. The summed E-state index contributed by atoms with van der Waals surface area (Å²) in [6.07, 6.45) is -4.48. The Balaban J connectivity index is 2.92. The van der Waals surface area contributed by atoms with Crippen molar-refractivity contribution in [2.24, 2.45) is 0 Å². The maximum atomic E-state index is 12.6. The Morgan fingerprint density at radius 2 is 1.81 bits per heavy atom. The van der Waals surface area contributed by atoms with Crippen LogP contribution in [0, 0.1) is 0 Å². The van der Waals surface area contributed by atoms with Crippen molar-refractivity contribution in [1.82, 2.24) is 4.98 Å². The molecule has 1 aromatic heterocycles. The maximum Gasteiger partial charge on any atom is 0.418 e. The SMILES string of the molecule is O=c1ccc2c(Br)ccc(C(F)(F)F)c2[nH]1. The number of nitrogens with one attached hydrogen (secondary N) is 1. The van der Waals surface area contributed by atoms with Crippen molar-refractivity contribution in [2.45, 2.75) is 6.18 Å². The summed E-state index contributed by atoms with van der Waals surface area (Å²) in [6.45, 7) is 0. The van der Waals surface area contributed by atoms with Crippen molar-refractivity contribution in [3.63, 3.8) is 0 Å². The molecule has 0 aliphatic rings. The Kier molecular flexibility index (Phi) is 2.53. The van der Waals surface area contributed by atoms with Gasteiger partial charge in [0.15, 0.2) is 0 Å². The molecule has 1 heterocycles. The van der Waals surface area contributed by atoms with Gasteiger partial charge in [0.1, 0.15) is 0 Å². The van der Waals surface area contributed by atoms with Crippen molar-refractivity contribution in [3.05, 3.63) is 44.7 Å². The number of hydrogen-bond donors (Lipinski definition) is 1. The first-order chi connectivity index (χ1) is 7.39. The second kappa shape index (κ2) is 3.62. The highest BCUT2D eigenvalue weighted by Gasteiger charge is 2.33. The summed E-state index contributed by atoms with van der Waals surface area (Å²) in [7, 11) is 0. The topological polar surface area (TPSA) is 32.9 Å². The molecule has 0 bridgehead atoms. The lowest BCUT2D eigenvalue weighted by Gasteiger charge is -2.10. The molecule has 1 aromatic carbocycles. The van der Waals surface area contributed by atoms with Crippen molar-refractivity contribution >= 4 is 26.8 Å². The van der Waals surface area contributed by atoms with Gasteiger partial charge < -0.3 is 4.98 Å². The third-order valence-electron chi connectivity index (χ3n) is 2.15. The van der Waals surface area contributed by atoms with Gasteiger partial charge >= 0.3 is 6.18 Å². The molecule has 1 N–H and O–H groups in total. The summed E-state index contributed by atoms with van der Waals surface area (Å²) >= 11 is 3.13. The highest BCUT2D eigenvalue weighted by Crippen LogP contribution is 2.35. The summed E-state index contributed by atoms with van der Waals surface area (Å²) in [6, 6.07) is 4.78. The van der Waals surface area contributed by atoms with Crippen LogP contribution in [0.5, 0.6) is 0 Å². The Hall–Kier alpha value is -1.30. The molecule has 0 spiro atoms.